The first kappa shape index (κ1) is 35.7. The van der Waals surface area contributed by atoms with Crippen LogP contribution in [0.1, 0.15) is 0 Å². The zero-order chi connectivity index (χ0) is 41.0. The standard InChI is InChI=1S/C60H40N2/c1-2-17-41(18-3-1)49-24-10-13-30-57(49)61(47-22-16-21-44(39-47)56-40-45-20-5-6-23-48(45)52-27-8-9-28-53(52)56)46-36-33-43(34-37-46)50-25-11-14-31-58(50)62-59-32-15-12-29-54(59)55-38-35-42-19-4-7-26-51(42)60(55)62/h1-40H. The number of para-hydroxylation sites is 3. The molecule has 0 N–H and O–H groups in total. The number of hydrogen-bond acceptors (Lipinski definition) is 1. The summed E-state index contributed by atoms with van der Waals surface area (Å²) in [5.41, 5.74) is 14.0. The monoisotopic (exact) mass is 788 g/mol. The molecule has 0 bridgehead atoms. The minimum Gasteiger partial charge on any atom is -0.310 e. The molecule has 0 radical (unpaired) electrons. The molecule has 62 heavy (non-hydrogen) atoms. The zero-order valence-electron chi connectivity index (χ0n) is 34.0. The second-order valence-electron chi connectivity index (χ2n) is 16.1. The van der Waals surface area contributed by atoms with Gasteiger partial charge >= 0.3 is 0 Å². The van der Waals surface area contributed by atoms with Gasteiger partial charge in [-0.25, -0.2) is 0 Å². The van der Waals surface area contributed by atoms with Crippen molar-refractivity contribution in [3.63, 3.8) is 0 Å². The van der Waals surface area contributed by atoms with Crippen molar-refractivity contribution in [2.75, 3.05) is 4.90 Å². The number of fused-ring (bicyclic) bond motifs is 8. The van der Waals surface area contributed by atoms with E-state index in [1.54, 1.807) is 0 Å². The maximum atomic E-state index is 2.47. The second-order valence-corrected chi connectivity index (χ2v) is 16.1. The minimum absolute atomic E-state index is 1.08. The fourth-order valence-electron chi connectivity index (χ4n) is 9.75. The van der Waals surface area contributed by atoms with Gasteiger partial charge in [0.25, 0.3) is 0 Å². The molecule has 0 fully saturated rings. The Balaban J connectivity index is 1.03. The molecule has 0 saturated heterocycles. The first-order chi connectivity index (χ1) is 30.8. The number of hydrogen-bond donors (Lipinski definition) is 0. The smallest absolute Gasteiger partial charge is 0.0619 e. The predicted octanol–water partition coefficient (Wildman–Crippen LogP) is 16.7. The van der Waals surface area contributed by atoms with Crippen molar-refractivity contribution in [1.29, 1.82) is 0 Å². The molecular formula is C60H40N2. The summed E-state index contributed by atoms with van der Waals surface area (Å²) in [6, 6.07) is 88.5. The van der Waals surface area contributed by atoms with Crippen LogP contribution in [-0.2, 0) is 0 Å². The summed E-state index contributed by atoms with van der Waals surface area (Å²) in [5, 5.41) is 10.0. The maximum Gasteiger partial charge on any atom is 0.0619 e. The molecule has 0 aliphatic heterocycles. The van der Waals surface area contributed by atoms with Gasteiger partial charge in [-0.1, -0.05) is 194 Å². The van der Waals surface area contributed by atoms with Gasteiger partial charge in [0.15, 0.2) is 0 Å². The van der Waals surface area contributed by atoms with Gasteiger partial charge in [-0.15, -0.1) is 0 Å². The number of anilines is 3. The van der Waals surface area contributed by atoms with Crippen molar-refractivity contribution in [1.82, 2.24) is 4.57 Å². The van der Waals surface area contributed by atoms with Crippen LogP contribution in [0.15, 0.2) is 243 Å². The van der Waals surface area contributed by atoms with Crippen LogP contribution in [0.5, 0.6) is 0 Å². The van der Waals surface area contributed by atoms with Gasteiger partial charge in [0.05, 0.1) is 22.4 Å². The van der Waals surface area contributed by atoms with Crippen molar-refractivity contribution < 1.29 is 0 Å². The molecule has 0 amide bonds. The van der Waals surface area contributed by atoms with Crippen LogP contribution in [0, 0.1) is 0 Å². The van der Waals surface area contributed by atoms with E-state index in [-0.39, 0.29) is 0 Å². The quantitative estimate of drug-likeness (QED) is 0.146. The average molecular weight is 789 g/mol. The molecule has 12 aromatic rings. The van der Waals surface area contributed by atoms with E-state index in [0.29, 0.717) is 0 Å². The van der Waals surface area contributed by atoms with E-state index >= 15 is 0 Å². The highest BCUT2D eigenvalue weighted by atomic mass is 15.1. The summed E-state index contributed by atoms with van der Waals surface area (Å²) < 4.78 is 2.47. The Hall–Kier alpha value is -8.20. The van der Waals surface area contributed by atoms with Crippen molar-refractivity contribution in [3.8, 4) is 39.1 Å². The van der Waals surface area contributed by atoms with E-state index in [9.17, 15) is 0 Å². The number of nitrogens with zero attached hydrogens (tertiary/aromatic N) is 2. The molecule has 12 rings (SSSR count). The summed E-state index contributed by atoms with van der Waals surface area (Å²) in [6.07, 6.45) is 0. The molecule has 1 heterocycles. The Morgan fingerprint density at radius 2 is 0.903 bits per heavy atom. The lowest BCUT2D eigenvalue weighted by atomic mass is 9.93. The van der Waals surface area contributed by atoms with Crippen LogP contribution in [0.3, 0.4) is 0 Å². The molecule has 2 nitrogen and oxygen atoms in total. The highest BCUT2D eigenvalue weighted by Gasteiger charge is 2.21. The Morgan fingerprint density at radius 3 is 1.74 bits per heavy atom. The lowest BCUT2D eigenvalue weighted by molar-refractivity contribution is 1.19. The van der Waals surface area contributed by atoms with Crippen LogP contribution in [0.25, 0.3) is 93.2 Å². The predicted molar refractivity (Wildman–Crippen MR) is 264 cm³/mol. The molecule has 0 atom stereocenters. The third-order valence-corrected chi connectivity index (χ3v) is 12.6. The van der Waals surface area contributed by atoms with Gasteiger partial charge in [-0.2, -0.15) is 0 Å². The molecule has 0 spiro atoms. The molecule has 0 unspecified atom stereocenters. The van der Waals surface area contributed by atoms with Gasteiger partial charge in [-0.3, -0.25) is 0 Å². The van der Waals surface area contributed by atoms with E-state index in [0.717, 1.165) is 28.3 Å². The fourth-order valence-corrected chi connectivity index (χ4v) is 9.75. The first-order valence-corrected chi connectivity index (χ1v) is 21.3. The Morgan fingerprint density at radius 1 is 0.290 bits per heavy atom. The highest BCUT2D eigenvalue weighted by Crippen LogP contribution is 2.45. The van der Waals surface area contributed by atoms with Crippen molar-refractivity contribution >= 4 is 71.2 Å². The Bertz CT molecular complexity index is 3640. The van der Waals surface area contributed by atoms with Gasteiger partial charge in [-0.05, 0) is 97.7 Å². The molecule has 0 aliphatic carbocycles. The average Bonchev–Trinajstić information content (AvgIpc) is 3.69. The SMILES string of the molecule is c1ccc(-c2ccccc2N(c2ccc(-c3ccccc3-n3c4ccccc4c4ccc5ccccc5c43)cc2)c2cccc(-c3cc4ccccc4c4ccccc34)c2)cc1. The van der Waals surface area contributed by atoms with Crippen LogP contribution >= 0.6 is 0 Å². The van der Waals surface area contributed by atoms with E-state index in [1.165, 1.54) is 81.9 Å². The number of aromatic nitrogens is 1. The van der Waals surface area contributed by atoms with E-state index in [2.05, 4.69) is 252 Å². The van der Waals surface area contributed by atoms with Crippen LogP contribution in [-0.4, -0.2) is 4.57 Å². The van der Waals surface area contributed by atoms with E-state index < -0.39 is 0 Å². The Kier molecular flexibility index (Phi) is 8.53. The topological polar surface area (TPSA) is 8.17 Å². The van der Waals surface area contributed by atoms with Gasteiger partial charge in [0.1, 0.15) is 0 Å². The molecule has 0 saturated carbocycles. The fraction of sp³-hybridized carbons (Fsp3) is 0. The highest BCUT2D eigenvalue weighted by molar-refractivity contribution is 6.19. The van der Waals surface area contributed by atoms with Crippen LogP contribution in [0.2, 0.25) is 0 Å². The van der Waals surface area contributed by atoms with Crippen LogP contribution in [0.4, 0.5) is 17.1 Å². The third-order valence-electron chi connectivity index (χ3n) is 12.6. The zero-order valence-corrected chi connectivity index (χ0v) is 34.0. The summed E-state index contributed by atoms with van der Waals surface area (Å²) in [5.74, 6) is 0. The van der Waals surface area contributed by atoms with Crippen LogP contribution < -0.4 is 4.90 Å². The summed E-state index contributed by atoms with van der Waals surface area (Å²) in [4.78, 5) is 2.42. The summed E-state index contributed by atoms with van der Waals surface area (Å²) >= 11 is 0. The summed E-state index contributed by atoms with van der Waals surface area (Å²) in [6.45, 7) is 0. The summed E-state index contributed by atoms with van der Waals surface area (Å²) in [7, 11) is 0. The minimum atomic E-state index is 1.08. The number of rotatable bonds is 7. The molecular weight excluding hydrogens is 749 g/mol. The second kappa shape index (κ2) is 14.8. The van der Waals surface area contributed by atoms with E-state index in [4.69, 9.17) is 0 Å². The molecule has 1 aromatic heterocycles. The lowest BCUT2D eigenvalue weighted by Crippen LogP contribution is -2.11. The Labute approximate surface area is 360 Å². The van der Waals surface area contributed by atoms with Gasteiger partial charge in [0.2, 0.25) is 0 Å². The first-order valence-electron chi connectivity index (χ1n) is 21.3. The largest absolute Gasteiger partial charge is 0.310 e. The third kappa shape index (κ3) is 5.88. The van der Waals surface area contributed by atoms with Crippen molar-refractivity contribution in [3.05, 3.63) is 243 Å². The normalized spacial score (nSPS) is 11.5. The van der Waals surface area contributed by atoms with Gasteiger partial charge in [0, 0.05) is 38.7 Å². The molecule has 290 valence electrons. The maximum absolute atomic E-state index is 2.47. The van der Waals surface area contributed by atoms with Gasteiger partial charge < -0.3 is 9.47 Å². The van der Waals surface area contributed by atoms with E-state index in [1.807, 2.05) is 0 Å². The molecule has 2 heteroatoms. The number of benzene rings is 11. The van der Waals surface area contributed by atoms with Crippen molar-refractivity contribution in [2.24, 2.45) is 0 Å². The van der Waals surface area contributed by atoms with Crippen molar-refractivity contribution in [2.45, 2.75) is 0 Å². The molecule has 0 aliphatic rings. The molecule has 11 aromatic carbocycles. The lowest BCUT2D eigenvalue weighted by Gasteiger charge is -2.28.